The average Bonchev–Trinajstić information content (AvgIpc) is 2.86. The standard InChI is InChI=1S/C15H21N7O2S/c1-5-9(11(16)23)19-13-8(4)18-10(12(17)24)14(20-13)21-15-6(2)7(3)22-25-15/h9H,5H2,1-4H3,(H2,16,23)(H2,17,24)(H2,19,20,21). The van der Waals surface area contributed by atoms with Gasteiger partial charge in [-0.15, -0.1) is 0 Å². The van der Waals surface area contributed by atoms with Gasteiger partial charge in [0.25, 0.3) is 5.91 Å². The van der Waals surface area contributed by atoms with Crippen LogP contribution in [0.15, 0.2) is 0 Å². The van der Waals surface area contributed by atoms with Crippen molar-refractivity contribution in [3.8, 4) is 0 Å². The van der Waals surface area contributed by atoms with Crippen molar-refractivity contribution in [1.29, 1.82) is 0 Å². The Labute approximate surface area is 149 Å². The smallest absolute Gasteiger partial charge is 0.271 e. The number of rotatable bonds is 7. The van der Waals surface area contributed by atoms with E-state index in [1.165, 1.54) is 11.5 Å². The summed E-state index contributed by atoms with van der Waals surface area (Å²) in [5.74, 6) is -0.639. The molecule has 2 aromatic rings. The number of hydrogen-bond acceptors (Lipinski definition) is 8. The SMILES string of the molecule is CCC(Nc1nc(Nc2snc(C)c2C)c(C(N)=O)nc1C)C(N)=O. The van der Waals surface area contributed by atoms with Crippen molar-refractivity contribution in [2.45, 2.75) is 40.2 Å². The molecule has 0 spiro atoms. The van der Waals surface area contributed by atoms with Gasteiger partial charge in [0.15, 0.2) is 17.3 Å². The van der Waals surface area contributed by atoms with Crippen LogP contribution >= 0.6 is 11.5 Å². The molecule has 0 aliphatic carbocycles. The summed E-state index contributed by atoms with van der Waals surface area (Å²) >= 11 is 1.25. The number of primary amides is 2. The van der Waals surface area contributed by atoms with Crippen LogP contribution in [-0.2, 0) is 4.79 Å². The van der Waals surface area contributed by atoms with E-state index in [1.54, 1.807) is 6.92 Å². The fourth-order valence-electron chi connectivity index (χ4n) is 2.09. The summed E-state index contributed by atoms with van der Waals surface area (Å²) in [4.78, 5) is 31.8. The lowest BCUT2D eigenvalue weighted by molar-refractivity contribution is -0.118. The summed E-state index contributed by atoms with van der Waals surface area (Å²) in [7, 11) is 0. The predicted octanol–water partition coefficient (Wildman–Crippen LogP) is 1.38. The van der Waals surface area contributed by atoms with Crippen molar-refractivity contribution in [2.75, 3.05) is 10.6 Å². The molecule has 6 N–H and O–H groups in total. The van der Waals surface area contributed by atoms with Crippen molar-refractivity contribution >= 4 is 40.0 Å². The molecule has 0 saturated heterocycles. The van der Waals surface area contributed by atoms with Gasteiger partial charge in [-0.2, -0.15) is 4.37 Å². The van der Waals surface area contributed by atoms with E-state index < -0.39 is 17.9 Å². The fourth-order valence-corrected chi connectivity index (χ4v) is 2.89. The number of carbonyl (C=O) groups is 2. The Morgan fingerprint density at radius 1 is 1.12 bits per heavy atom. The van der Waals surface area contributed by atoms with Crippen molar-refractivity contribution in [3.05, 3.63) is 22.6 Å². The zero-order chi connectivity index (χ0) is 18.7. The van der Waals surface area contributed by atoms with Gasteiger partial charge in [0, 0.05) is 5.56 Å². The second-order valence-electron chi connectivity index (χ2n) is 5.57. The van der Waals surface area contributed by atoms with Crippen LogP contribution in [0.1, 0.15) is 40.8 Å². The van der Waals surface area contributed by atoms with Gasteiger partial charge < -0.3 is 22.1 Å². The minimum absolute atomic E-state index is 0.0145. The number of amides is 2. The molecule has 1 unspecified atom stereocenters. The van der Waals surface area contributed by atoms with E-state index in [9.17, 15) is 9.59 Å². The van der Waals surface area contributed by atoms with Crippen molar-refractivity contribution in [1.82, 2.24) is 14.3 Å². The Morgan fingerprint density at radius 2 is 1.80 bits per heavy atom. The molecule has 2 aromatic heterocycles. The molecule has 2 rings (SSSR count). The first-order valence-corrected chi connectivity index (χ1v) is 8.46. The molecule has 2 heterocycles. The molecule has 0 radical (unpaired) electrons. The molecule has 134 valence electrons. The second kappa shape index (κ2) is 7.43. The first-order chi connectivity index (χ1) is 11.7. The summed E-state index contributed by atoms with van der Waals surface area (Å²) in [5, 5.41) is 6.75. The van der Waals surface area contributed by atoms with Crippen LogP contribution in [0.5, 0.6) is 0 Å². The van der Waals surface area contributed by atoms with Gasteiger partial charge in [0.1, 0.15) is 11.0 Å². The minimum atomic E-state index is -0.703. The molecule has 1 atom stereocenters. The van der Waals surface area contributed by atoms with Crippen molar-refractivity contribution < 1.29 is 9.59 Å². The van der Waals surface area contributed by atoms with E-state index in [-0.39, 0.29) is 11.5 Å². The third-order valence-corrected chi connectivity index (χ3v) is 4.71. The zero-order valence-corrected chi connectivity index (χ0v) is 15.3. The summed E-state index contributed by atoms with van der Waals surface area (Å²) in [6.45, 7) is 7.29. The van der Waals surface area contributed by atoms with Crippen LogP contribution in [0.2, 0.25) is 0 Å². The first-order valence-electron chi connectivity index (χ1n) is 7.68. The highest BCUT2D eigenvalue weighted by Crippen LogP contribution is 2.28. The number of aromatic nitrogens is 3. The molecule has 9 nitrogen and oxygen atoms in total. The van der Waals surface area contributed by atoms with E-state index >= 15 is 0 Å². The topological polar surface area (TPSA) is 149 Å². The lowest BCUT2D eigenvalue weighted by atomic mass is 10.2. The third kappa shape index (κ3) is 4.02. The second-order valence-corrected chi connectivity index (χ2v) is 6.35. The van der Waals surface area contributed by atoms with Crippen molar-refractivity contribution in [2.24, 2.45) is 11.5 Å². The van der Waals surface area contributed by atoms with Gasteiger partial charge in [0.2, 0.25) is 5.91 Å². The van der Waals surface area contributed by atoms with Crippen LogP contribution in [-0.4, -0.2) is 32.2 Å². The largest absolute Gasteiger partial charge is 0.368 e. The maximum absolute atomic E-state index is 11.7. The van der Waals surface area contributed by atoms with E-state index in [0.717, 1.165) is 16.3 Å². The quantitative estimate of drug-likeness (QED) is 0.580. The average molecular weight is 363 g/mol. The molecule has 0 fully saturated rings. The summed E-state index contributed by atoms with van der Waals surface area (Å²) in [6.07, 6.45) is 0.490. The molecule has 0 aliphatic heterocycles. The maximum Gasteiger partial charge on any atom is 0.271 e. The van der Waals surface area contributed by atoms with Crippen LogP contribution in [0.25, 0.3) is 0 Å². The Morgan fingerprint density at radius 3 is 2.28 bits per heavy atom. The van der Waals surface area contributed by atoms with E-state index in [0.29, 0.717) is 17.9 Å². The minimum Gasteiger partial charge on any atom is -0.368 e. The molecule has 10 heteroatoms. The lowest BCUT2D eigenvalue weighted by Crippen LogP contribution is -2.35. The zero-order valence-electron chi connectivity index (χ0n) is 14.5. The number of aryl methyl sites for hydroxylation is 2. The number of anilines is 3. The number of nitrogens with one attached hydrogen (secondary N) is 2. The molecule has 0 aromatic carbocycles. The molecule has 0 saturated carbocycles. The number of nitrogens with two attached hydrogens (primary N) is 2. The molecule has 0 bridgehead atoms. The predicted molar refractivity (Wildman–Crippen MR) is 97.1 cm³/mol. The fraction of sp³-hybridized carbons (Fsp3) is 0.400. The Bertz CT molecular complexity index is 818. The molecule has 2 amide bonds. The number of nitrogens with zero attached hydrogens (tertiary/aromatic N) is 3. The highest BCUT2D eigenvalue weighted by atomic mass is 32.1. The van der Waals surface area contributed by atoms with Gasteiger partial charge in [0.05, 0.1) is 11.4 Å². The monoisotopic (exact) mass is 363 g/mol. The van der Waals surface area contributed by atoms with Gasteiger partial charge in [-0.25, -0.2) is 9.97 Å². The van der Waals surface area contributed by atoms with Crippen LogP contribution in [0.3, 0.4) is 0 Å². The van der Waals surface area contributed by atoms with Crippen molar-refractivity contribution in [3.63, 3.8) is 0 Å². The molecule has 25 heavy (non-hydrogen) atoms. The summed E-state index contributed by atoms with van der Waals surface area (Å²) < 4.78 is 4.25. The highest BCUT2D eigenvalue weighted by Gasteiger charge is 2.20. The first kappa shape index (κ1) is 18.6. The lowest BCUT2D eigenvalue weighted by Gasteiger charge is -2.17. The van der Waals surface area contributed by atoms with Crippen LogP contribution < -0.4 is 22.1 Å². The summed E-state index contributed by atoms with van der Waals surface area (Å²) in [5.41, 5.74) is 13.1. The maximum atomic E-state index is 11.7. The van der Waals surface area contributed by atoms with Gasteiger partial charge in [-0.05, 0) is 38.7 Å². The van der Waals surface area contributed by atoms with Crippen LogP contribution in [0.4, 0.5) is 16.6 Å². The number of carbonyl (C=O) groups excluding carboxylic acids is 2. The number of hydrogen-bond donors (Lipinski definition) is 4. The summed E-state index contributed by atoms with van der Waals surface area (Å²) in [6, 6.07) is -0.590. The third-order valence-electron chi connectivity index (χ3n) is 3.76. The Kier molecular flexibility index (Phi) is 5.52. The van der Waals surface area contributed by atoms with E-state index in [4.69, 9.17) is 11.5 Å². The van der Waals surface area contributed by atoms with Gasteiger partial charge in [-0.1, -0.05) is 6.92 Å². The molecular formula is C15H21N7O2S. The normalized spacial score (nSPS) is 11.8. The van der Waals surface area contributed by atoms with Gasteiger partial charge in [-0.3, -0.25) is 9.59 Å². The highest BCUT2D eigenvalue weighted by molar-refractivity contribution is 7.10. The molecule has 0 aliphatic rings. The molecular weight excluding hydrogens is 342 g/mol. The van der Waals surface area contributed by atoms with E-state index in [1.807, 2.05) is 20.8 Å². The van der Waals surface area contributed by atoms with Gasteiger partial charge >= 0.3 is 0 Å². The Hall–Kier alpha value is -2.75. The van der Waals surface area contributed by atoms with Crippen LogP contribution in [0, 0.1) is 20.8 Å². The Balaban J connectivity index is 2.45. The van der Waals surface area contributed by atoms with E-state index in [2.05, 4.69) is 25.0 Å².